The zero-order chi connectivity index (χ0) is 16.3. The van der Waals surface area contributed by atoms with E-state index in [0.717, 1.165) is 13.0 Å². The molecule has 1 aliphatic heterocycles. The average Bonchev–Trinajstić information content (AvgIpc) is 2.60. The molecule has 0 spiro atoms. The summed E-state index contributed by atoms with van der Waals surface area (Å²) in [6.45, 7) is 4.53. The molecule has 1 fully saturated rings. The molecular weight excluding hydrogens is 290 g/mol. The summed E-state index contributed by atoms with van der Waals surface area (Å²) in [7, 11) is 0. The molecule has 2 rings (SSSR count). The number of likely N-dealkylation sites (tertiary alicyclic amines) is 1. The normalized spacial score (nSPS) is 15.1. The van der Waals surface area contributed by atoms with E-state index in [1.165, 1.54) is 32.4 Å². The maximum atomic E-state index is 11.8. The van der Waals surface area contributed by atoms with Gasteiger partial charge in [0.15, 0.2) is 0 Å². The molecule has 23 heavy (non-hydrogen) atoms. The zero-order valence-corrected chi connectivity index (χ0v) is 13.7. The molecule has 0 bridgehead atoms. The van der Waals surface area contributed by atoms with Crippen LogP contribution in [0.25, 0.3) is 0 Å². The van der Waals surface area contributed by atoms with Gasteiger partial charge < -0.3 is 15.5 Å². The van der Waals surface area contributed by atoms with E-state index < -0.39 is 0 Å². The fourth-order valence-corrected chi connectivity index (χ4v) is 2.78. The van der Waals surface area contributed by atoms with Gasteiger partial charge >= 0.3 is 0 Å². The summed E-state index contributed by atoms with van der Waals surface area (Å²) < 4.78 is 0. The molecule has 5 nitrogen and oxygen atoms in total. The number of benzene rings is 1. The zero-order valence-electron chi connectivity index (χ0n) is 13.7. The number of carbonyl (C=O) groups is 2. The number of hydrogen-bond acceptors (Lipinski definition) is 3. The van der Waals surface area contributed by atoms with E-state index in [1.807, 2.05) is 18.2 Å². The maximum Gasteiger partial charge on any atom is 0.251 e. The van der Waals surface area contributed by atoms with Gasteiger partial charge in [0.2, 0.25) is 5.91 Å². The van der Waals surface area contributed by atoms with Crippen molar-refractivity contribution in [2.45, 2.75) is 32.1 Å². The molecule has 0 atom stereocenters. The average molecular weight is 317 g/mol. The van der Waals surface area contributed by atoms with Crippen LogP contribution >= 0.6 is 0 Å². The molecule has 0 radical (unpaired) electrons. The second kappa shape index (κ2) is 10.0. The lowest BCUT2D eigenvalue weighted by Crippen LogP contribution is -2.34. The minimum Gasteiger partial charge on any atom is -0.356 e. The lowest BCUT2D eigenvalue weighted by molar-refractivity contribution is -0.120. The number of hydrogen-bond donors (Lipinski definition) is 2. The Bertz CT molecular complexity index is 484. The van der Waals surface area contributed by atoms with Crippen LogP contribution < -0.4 is 10.6 Å². The van der Waals surface area contributed by atoms with Gasteiger partial charge in [0, 0.05) is 25.1 Å². The minimum absolute atomic E-state index is 0.00277. The third-order valence-corrected chi connectivity index (χ3v) is 4.10. The highest BCUT2D eigenvalue weighted by atomic mass is 16.2. The molecule has 1 aliphatic rings. The number of nitrogens with one attached hydrogen (secondary N) is 2. The summed E-state index contributed by atoms with van der Waals surface area (Å²) in [4.78, 5) is 26.0. The Morgan fingerprint density at radius 1 is 0.957 bits per heavy atom. The van der Waals surface area contributed by atoms with Crippen molar-refractivity contribution in [1.29, 1.82) is 0 Å². The Kier molecular flexibility index (Phi) is 7.60. The van der Waals surface area contributed by atoms with E-state index in [0.29, 0.717) is 25.1 Å². The first-order valence-corrected chi connectivity index (χ1v) is 8.58. The number of nitrogens with zero attached hydrogens (tertiary/aromatic N) is 1. The summed E-state index contributed by atoms with van der Waals surface area (Å²) in [5, 5.41) is 5.68. The van der Waals surface area contributed by atoms with Gasteiger partial charge in [0.25, 0.3) is 5.91 Å². The van der Waals surface area contributed by atoms with Gasteiger partial charge in [0.1, 0.15) is 0 Å². The Morgan fingerprint density at radius 2 is 1.70 bits per heavy atom. The summed E-state index contributed by atoms with van der Waals surface area (Å²) in [6.07, 6.45) is 5.26. The van der Waals surface area contributed by atoms with Gasteiger partial charge in [-0.15, -0.1) is 0 Å². The number of amides is 2. The summed E-state index contributed by atoms with van der Waals surface area (Å²) in [5.41, 5.74) is 0.620. The van der Waals surface area contributed by atoms with Crippen LogP contribution in [0.15, 0.2) is 30.3 Å². The van der Waals surface area contributed by atoms with E-state index in [1.54, 1.807) is 12.1 Å². The lowest BCUT2D eigenvalue weighted by atomic mass is 10.1. The van der Waals surface area contributed by atoms with Crippen molar-refractivity contribution in [2.24, 2.45) is 0 Å². The first-order valence-electron chi connectivity index (χ1n) is 8.58. The molecule has 5 heteroatoms. The summed E-state index contributed by atoms with van der Waals surface area (Å²) >= 11 is 0. The maximum absolute atomic E-state index is 11.8. The first-order chi connectivity index (χ1) is 11.3. The predicted octanol–water partition coefficient (Wildman–Crippen LogP) is 1.80. The molecular formula is C18H27N3O2. The Hall–Kier alpha value is -1.88. The standard InChI is InChI=1S/C18H27N3O2/c22-17(19-11-7-15-21-13-5-2-6-14-21)10-12-20-18(23)16-8-3-1-4-9-16/h1,3-4,8-9H,2,5-7,10-15H2,(H,19,22)(H,20,23). The number of carbonyl (C=O) groups excluding carboxylic acids is 2. The van der Waals surface area contributed by atoms with Crippen molar-refractivity contribution in [1.82, 2.24) is 15.5 Å². The fraction of sp³-hybridized carbons (Fsp3) is 0.556. The van der Waals surface area contributed by atoms with Crippen molar-refractivity contribution in [3.05, 3.63) is 35.9 Å². The van der Waals surface area contributed by atoms with E-state index in [2.05, 4.69) is 15.5 Å². The van der Waals surface area contributed by atoms with E-state index in [4.69, 9.17) is 0 Å². The molecule has 2 N–H and O–H groups in total. The van der Waals surface area contributed by atoms with Crippen LogP contribution in [0.5, 0.6) is 0 Å². The fourth-order valence-electron chi connectivity index (χ4n) is 2.78. The van der Waals surface area contributed by atoms with Crippen LogP contribution in [0.4, 0.5) is 0 Å². The third-order valence-electron chi connectivity index (χ3n) is 4.10. The van der Waals surface area contributed by atoms with Crippen molar-refractivity contribution in [3.8, 4) is 0 Å². The molecule has 1 aromatic rings. The highest BCUT2D eigenvalue weighted by molar-refractivity contribution is 5.94. The van der Waals surface area contributed by atoms with Crippen LogP contribution in [0.2, 0.25) is 0 Å². The van der Waals surface area contributed by atoms with Gasteiger partial charge in [-0.2, -0.15) is 0 Å². The molecule has 1 saturated heterocycles. The van der Waals surface area contributed by atoms with Crippen molar-refractivity contribution >= 4 is 11.8 Å². The van der Waals surface area contributed by atoms with Gasteiger partial charge in [-0.25, -0.2) is 0 Å². The lowest BCUT2D eigenvalue weighted by Gasteiger charge is -2.26. The second-order valence-corrected chi connectivity index (χ2v) is 5.98. The summed E-state index contributed by atoms with van der Waals surface area (Å²) in [5.74, 6) is -0.138. The largest absolute Gasteiger partial charge is 0.356 e. The third kappa shape index (κ3) is 6.82. The molecule has 0 saturated carbocycles. The smallest absolute Gasteiger partial charge is 0.251 e. The highest BCUT2D eigenvalue weighted by Crippen LogP contribution is 2.08. The van der Waals surface area contributed by atoms with E-state index in [-0.39, 0.29) is 11.8 Å². The van der Waals surface area contributed by atoms with Crippen LogP contribution in [0.1, 0.15) is 42.5 Å². The van der Waals surface area contributed by atoms with Crippen LogP contribution in [0, 0.1) is 0 Å². The quantitative estimate of drug-likeness (QED) is 0.719. The monoisotopic (exact) mass is 317 g/mol. The molecule has 1 aromatic carbocycles. The predicted molar refractivity (Wildman–Crippen MR) is 91.3 cm³/mol. The molecule has 2 amide bonds. The summed E-state index contributed by atoms with van der Waals surface area (Å²) in [6, 6.07) is 9.04. The van der Waals surface area contributed by atoms with Crippen molar-refractivity contribution in [3.63, 3.8) is 0 Å². The number of rotatable bonds is 8. The van der Waals surface area contributed by atoms with E-state index in [9.17, 15) is 9.59 Å². The van der Waals surface area contributed by atoms with Crippen molar-refractivity contribution < 1.29 is 9.59 Å². The van der Waals surface area contributed by atoms with Gasteiger partial charge in [-0.1, -0.05) is 24.6 Å². The Morgan fingerprint density at radius 3 is 2.43 bits per heavy atom. The van der Waals surface area contributed by atoms with Gasteiger partial charge in [-0.05, 0) is 51.0 Å². The molecule has 0 aromatic heterocycles. The molecule has 126 valence electrons. The topological polar surface area (TPSA) is 61.4 Å². The molecule has 0 aliphatic carbocycles. The highest BCUT2D eigenvalue weighted by Gasteiger charge is 2.09. The van der Waals surface area contributed by atoms with Crippen LogP contribution in [-0.4, -0.2) is 49.4 Å². The van der Waals surface area contributed by atoms with Gasteiger partial charge in [-0.3, -0.25) is 9.59 Å². The van der Waals surface area contributed by atoms with Gasteiger partial charge in [0.05, 0.1) is 0 Å². The van der Waals surface area contributed by atoms with Crippen LogP contribution in [0.3, 0.4) is 0 Å². The molecule has 0 unspecified atom stereocenters. The second-order valence-electron chi connectivity index (χ2n) is 5.98. The SMILES string of the molecule is O=C(CCNC(=O)c1ccccc1)NCCCN1CCCCC1. The van der Waals surface area contributed by atoms with Crippen molar-refractivity contribution in [2.75, 3.05) is 32.7 Å². The Balaban J connectivity index is 1.50. The molecule has 1 heterocycles. The number of piperidine rings is 1. The Labute approximate surface area is 138 Å². The first kappa shape index (κ1) is 17.5. The van der Waals surface area contributed by atoms with Crippen LogP contribution in [-0.2, 0) is 4.79 Å². The van der Waals surface area contributed by atoms with E-state index >= 15 is 0 Å². The minimum atomic E-state index is -0.136.